The first-order valence-corrected chi connectivity index (χ1v) is 10.1. The number of unbranched alkanes of at least 4 members (excludes halogenated alkanes) is 3. The van der Waals surface area contributed by atoms with Crippen molar-refractivity contribution in [2.24, 2.45) is 0 Å². The number of aliphatic hydroxyl groups excluding tert-OH is 2. The second kappa shape index (κ2) is 11.2. The van der Waals surface area contributed by atoms with E-state index in [1.165, 1.54) is 6.92 Å². The van der Waals surface area contributed by atoms with Gasteiger partial charge in [-0.25, -0.2) is 5.48 Å². The standard InChI is InChI=1S/C18H33N3O8/c1-12(23)21-15-17(29-13(11-22)16(25)18(15,21)26)28-10-6-7-14(24)19-8-4-2-3-5-9-20-27/h13,15-17,20,22,25-27H,2-11H2,1H3,(H,19,24). The summed E-state index contributed by atoms with van der Waals surface area (Å²) in [6.45, 7) is 2.07. The lowest BCUT2D eigenvalue weighted by atomic mass is 10.0. The number of hydrogen-bond acceptors (Lipinski definition) is 9. The van der Waals surface area contributed by atoms with E-state index in [0.29, 0.717) is 19.5 Å². The summed E-state index contributed by atoms with van der Waals surface area (Å²) in [7, 11) is 0. The highest BCUT2D eigenvalue weighted by Crippen LogP contribution is 2.49. The molecule has 11 heteroatoms. The number of nitrogens with one attached hydrogen (secondary N) is 2. The Bertz CT molecular complexity index is 551. The van der Waals surface area contributed by atoms with E-state index < -0.39 is 42.8 Å². The molecule has 0 bridgehead atoms. The Morgan fingerprint density at radius 1 is 1.17 bits per heavy atom. The Morgan fingerprint density at radius 3 is 2.48 bits per heavy atom. The highest BCUT2D eigenvalue weighted by atomic mass is 16.7. The fraction of sp³-hybridized carbons (Fsp3) is 0.889. The minimum Gasteiger partial charge on any atom is -0.394 e. The monoisotopic (exact) mass is 419 g/mol. The van der Waals surface area contributed by atoms with E-state index in [9.17, 15) is 24.9 Å². The van der Waals surface area contributed by atoms with Crippen LogP contribution in [0.25, 0.3) is 0 Å². The lowest BCUT2D eigenvalue weighted by Gasteiger charge is -2.33. The first kappa shape index (κ1) is 23.9. The molecule has 2 saturated heterocycles. The molecule has 2 heterocycles. The molecule has 2 aliphatic heterocycles. The van der Waals surface area contributed by atoms with E-state index in [-0.39, 0.29) is 18.9 Å². The number of rotatable bonds is 13. The van der Waals surface area contributed by atoms with Crippen molar-refractivity contribution in [3.63, 3.8) is 0 Å². The molecule has 29 heavy (non-hydrogen) atoms. The van der Waals surface area contributed by atoms with Crippen molar-refractivity contribution in [3.8, 4) is 0 Å². The smallest absolute Gasteiger partial charge is 0.222 e. The molecule has 2 aliphatic rings. The summed E-state index contributed by atoms with van der Waals surface area (Å²) in [6.07, 6.45) is 0.914. The van der Waals surface area contributed by atoms with E-state index in [4.69, 9.17) is 14.7 Å². The topological polar surface area (TPSA) is 161 Å². The van der Waals surface area contributed by atoms with Gasteiger partial charge in [-0.3, -0.25) is 14.5 Å². The highest BCUT2D eigenvalue weighted by molar-refractivity contribution is 5.78. The Labute approximate surface area is 169 Å². The normalized spacial score (nSPS) is 30.7. The third-order valence-corrected chi connectivity index (χ3v) is 5.27. The summed E-state index contributed by atoms with van der Waals surface area (Å²) >= 11 is 0. The van der Waals surface area contributed by atoms with Crippen molar-refractivity contribution >= 4 is 11.8 Å². The first-order chi connectivity index (χ1) is 13.9. The van der Waals surface area contributed by atoms with E-state index in [1.54, 1.807) is 0 Å². The lowest BCUT2D eigenvalue weighted by molar-refractivity contribution is -0.247. The van der Waals surface area contributed by atoms with Crippen LogP contribution in [0.4, 0.5) is 0 Å². The van der Waals surface area contributed by atoms with Crippen LogP contribution in [0, 0.1) is 0 Å². The Kier molecular flexibility index (Phi) is 9.21. The fourth-order valence-electron chi connectivity index (χ4n) is 3.70. The average Bonchev–Trinajstić information content (AvgIpc) is 3.34. The molecule has 6 N–H and O–H groups in total. The van der Waals surface area contributed by atoms with Crippen LogP contribution in [0.5, 0.6) is 0 Å². The van der Waals surface area contributed by atoms with Gasteiger partial charge in [-0.05, 0) is 19.3 Å². The largest absolute Gasteiger partial charge is 0.394 e. The van der Waals surface area contributed by atoms with Crippen molar-refractivity contribution in [1.29, 1.82) is 0 Å². The van der Waals surface area contributed by atoms with Crippen molar-refractivity contribution < 1.29 is 39.6 Å². The van der Waals surface area contributed by atoms with Crippen molar-refractivity contribution in [2.75, 3.05) is 26.3 Å². The zero-order chi connectivity index (χ0) is 21.4. The zero-order valence-corrected chi connectivity index (χ0v) is 16.7. The minimum absolute atomic E-state index is 0.0906. The van der Waals surface area contributed by atoms with Crippen molar-refractivity contribution in [1.82, 2.24) is 15.7 Å². The summed E-state index contributed by atoms with van der Waals surface area (Å²) < 4.78 is 11.1. The maximum absolute atomic E-state index is 11.8. The van der Waals surface area contributed by atoms with Gasteiger partial charge in [0.05, 0.1) is 13.2 Å². The molecular formula is C18H33N3O8. The number of nitrogens with zero attached hydrogens (tertiary/aromatic N) is 1. The van der Waals surface area contributed by atoms with Gasteiger partial charge in [-0.15, -0.1) is 0 Å². The Hall–Kier alpha value is -1.34. The maximum atomic E-state index is 11.8. The van der Waals surface area contributed by atoms with Gasteiger partial charge in [0.2, 0.25) is 11.8 Å². The highest BCUT2D eigenvalue weighted by Gasteiger charge is 2.75. The fourth-order valence-corrected chi connectivity index (χ4v) is 3.70. The number of carbonyl (C=O) groups is 2. The molecule has 2 fully saturated rings. The number of fused-ring (bicyclic) bond motifs is 1. The number of ether oxygens (including phenoxy) is 2. The van der Waals surface area contributed by atoms with E-state index in [0.717, 1.165) is 30.6 Å². The second-order valence-electron chi connectivity index (χ2n) is 7.43. The number of amides is 2. The third-order valence-electron chi connectivity index (χ3n) is 5.27. The van der Waals surface area contributed by atoms with Crippen LogP contribution in [0.1, 0.15) is 45.4 Å². The van der Waals surface area contributed by atoms with Crippen LogP contribution >= 0.6 is 0 Å². The van der Waals surface area contributed by atoms with Gasteiger partial charge >= 0.3 is 0 Å². The molecule has 168 valence electrons. The summed E-state index contributed by atoms with van der Waals surface area (Å²) in [5.41, 5.74) is 0.305. The Morgan fingerprint density at radius 2 is 1.86 bits per heavy atom. The summed E-state index contributed by atoms with van der Waals surface area (Å²) in [6, 6.07) is -0.840. The van der Waals surface area contributed by atoms with Crippen LogP contribution < -0.4 is 10.8 Å². The lowest BCUT2D eigenvalue weighted by Crippen LogP contribution is -2.54. The molecule has 0 saturated carbocycles. The van der Waals surface area contributed by atoms with Gasteiger partial charge in [-0.1, -0.05) is 12.8 Å². The molecule has 0 aliphatic carbocycles. The first-order valence-electron chi connectivity index (χ1n) is 10.1. The van der Waals surface area contributed by atoms with Gasteiger partial charge in [0.15, 0.2) is 12.0 Å². The van der Waals surface area contributed by atoms with Gasteiger partial charge in [0.25, 0.3) is 0 Å². The van der Waals surface area contributed by atoms with Crippen LogP contribution in [-0.4, -0.2) is 93.8 Å². The second-order valence-corrected chi connectivity index (χ2v) is 7.43. The van der Waals surface area contributed by atoms with Crippen molar-refractivity contribution in [3.05, 3.63) is 0 Å². The van der Waals surface area contributed by atoms with E-state index in [2.05, 4.69) is 10.8 Å². The molecule has 11 nitrogen and oxygen atoms in total. The van der Waals surface area contributed by atoms with Crippen molar-refractivity contribution in [2.45, 2.75) is 75.7 Å². The number of aliphatic hydroxyl groups is 3. The van der Waals surface area contributed by atoms with Gasteiger partial charge in [0.1, 0.15) is 18.2 Å². The Balaban J connectivity index is 1.64. The van der Waals surface area contributed by atoms with Crippen LogP contribution in [0.3, 0.4) is 0 Å². The minimum atomic E-state index is -1.80. The van der Waals surface area contributed by atoms with Gasteiger partial charge < -0.3 is 35.3 Å². The molecule has 0 aromatic heterocycles. The molecule has 5 unspecified atom stereocenters. The third kappa shape index (κ3) is 5.85. The number of hydrogen-bond donors (Lipinski definition) is 6. The summed E-state index contributed by atoms with van der Waals surface area (Å²) in [5, 5.41) is 41.3. The van der Waals surface area contributed by atoms with Crippen LogP contribution in [0.2, 0.25) is 0 Å². The molecule has 0 aromatic rings. The van der Waals surface area contributed by atoms with Crippen LogP contribution in [-0.2, 0) is 19.1 Å². The quantitative estimate of drug-likeness (QED) is 0.118. The molecule has 2 amide bonds. The van der Waals surface area contributed by atoms with Crippen LogP contribution in [0.15, 0.2) is 0 Å². The predicted molar refractivity (Wildman–Crippen MR) is 99.5 cm³/mol. The summed E-state index contributed by atoms with van der Waals surface area (Å²) in [4.78, 5) is 24.6. The zero-order valence-electron chi connectivity index (χ0n) is 16.7. The van der Waals surface area contributed by atoms with Gasteiger partial charge in [-0.2, -0.15) is 0 Å². The molecule has 2 rings (SSSR count). The molecular weight excluding hydrogens is 386 g/mol. The SMILES string of the molecule is CC(=O)N1C2C(OCCCC(=O)NCCCCCCNO)OC(CO)C(O)C21O. The molecule has 0 radical (unpaired) electrons. The molecule has 0 aromatic carbocycles. The summed E-state index contributed by atoms with van der Waals surface area (Å²) in [5.74, 6) is -0.522. The van der Waals surface area contributed by atoms with Gasteiger partial charge in [0, 0.05) is 26.4 Å². The maximum Gasteiger partial charge on any atom is 0.222 e. The molecule has 0 spiro atoms. The average molecular weight is 419 g/mol. The number of carbonyl (C=O) groups excluding carboxylic acids is 2. The predicted octanol–water partition coefficient (Wildman–Crippen LogP) is -1.56. The number of hydroxylamine groups is 1. The molecule has 5 atom stereocenters. The van der Waals surface area contributed by atoms with E-state index in [1.807, 2.05) is 0 Å². The van der Waals surface area contributed by atoms with E-state index >= 15 is 0 Å².